The largest absolute Gasteiger partial charge is 0.303 e. The summed E-state index contributed by atoms with van der Waals surface area (Å²) >= 11 is 0. The Labute approximate surface area is 104 Å². The van der Waals surface area contributed by atoms with Crippen molar-refractivity contribution in [3.05, 3.63) is 42.0 Å². The molecule has 0 spiro atoms. The molecule has 17 heavy (non-hydrogen) atoms. The van der Waals surface area contributed by atoms with E-state index < -0.39 is 0 Å². The van der Waals surface area contributed by atoms with Crippen LogP contribution in [0.15, 0.2) is 36.4 Å². The molecule has 1 aromatic rings. The lowest BCUT2D eigenvalue weighted by Gasteiger charge is -2.06. The summed E-state index contributed by atoms with van der Waals surface area (Å²) in [4.78, 5) is 10.5. The Kier molecular flexibility index (Phi) is 4.54. The Morgan fingerprint density at radius 1 is 1.06 bits per heavy atom. The maximum Gasteiger partial charge on any atom is 0.120 e. The van der Waals surface area contributed by atoms with Crippen molar-refractivity contribution in [2.45, 2.75) is 32.1 Å². The van der Waals surface area contributed by atoms with Gasteiger partial charge in [0.05, 0.1) is 0 Å². The summed E-state index contributed by atoms with van der Waals surface area (Å²) in [6.07, 6.45) is 11.2. The summed E-state index contributed by atoms with van der Waals surface area (Å²) in [6, 6.07) is 10.4. The molecule has 0 saturated heterocycles. The van der Waals surface area contributed by atoms with Crippen LogP contribution >= 0.6 is 0 Å². The van der Waals surface area contributed by atoms with Gasteiger partial charge in [0, 0.05) is 6.42 Å². The number of hydrogen-bond acceptors (Lipinski definition) is 1. The van der Waals surface area contributed by atoms with Crippen LogP contribution in [-0.4, -0.2) is 6.29 Å². The minimum atomic E-state index is 0.655. The fraction of sp³-hybridized carbons (Fsp3) is 0.438. The van der Waals surface area contributed by atoms with Gasteiger partial charge in [-0.3, -0.25) is 0 Å². The van der Waals surface area contributed by atoms with Gasteiger partial charge in [-0.2, -0.15) is 0 Å². The summed E-state index contributed by atoms with van der Waals surface area (Å²) in [5, 5.41) is 0. The summed E-state index contributed by atoms with van der Waals surface area (Å²) in [6.45, 7) is 0. The van der Waals surface area contributed by atoms with Crippen LogP contribution in [0.4, 0.5) is 0 Å². The lowest BCUT2D eigenvalue weighted by Crippen LogP contribution is -1.96. The van der Waals surface area contributed by atoms with Crippen LogP contribution in [0.25, 0.3) is 6.08 Å². The van der Waals surface area contributed by atoms with Gasteiger partial charge in [0.2, 0.25) is 0 Å². The van der Waals surface area contributed by atoms with Crippen LogP contribution in [0, 0.1) is 11.8 Å². The molecule has 1 nitrogen and oxygen atoms in total. The van der Waals surface area contributed by atoms with Crippen molar-refractivity contribution in [2.75, 3.05) is 0 Å². The first kappa shape index (κ1) is 12.1. The Morgan fingerprint density at radius 3 is 2.47 bits per heavy atom. The maximum atomic E-state index is 10.5. The van der Waals surface area contributed by atoms with Crippen molar-refractivity contribution < 1.29 is 4.79 Å². The third kappa shape index (κ3) is 3.85. The van der Waals surface area contributed by atoms with E-state index in [4.69, 9.17) is 0 Å². The minimum absolute atomic E-state index is 0.655. The van der Waals surface area contributed by atoms with Gasteiger partial charge in [0.15, 0.2) is 0 Å². The highest BCUT2D eigenvalue weighted by atomic mass is 16.1. The van der Waals surface area contributed by atoms with E-state index in [-0.39, 0.29) is 0 Å². The SMILES string of the molecule is O=CCC1CCC(C/C=C/c2ccccc2)C1. The number of hydrogen-bond donors (Lipinski definition) is 0. The van der Waals surface area contributed by atoms with Gasteiger partial charge >= 0.3 is 0 Å². The van der Waals surface area contributed by atoms with E-state index in [0.717, 1.165) is 25.0 Å². The Hall–Kier alpha value is -1.37. The van der Waals surface area contributed by atoms with Crippen molar-refractivity contribution in [2.24, 2.45) is 11.8 Å². The van der Waals surface area contributed by atoms with E-state index in [1.165, 1.54) is 24.8 Å². The molecule has 0 heterocycles. The van der Waals surface area contributed by atoms with Crippen molar-refractivity contribution in [1.82, 2.24) is 0 Å². The standard InChI is InChI=1S/C16H20O/c17-12-11-16-10-9-15(13-16)8-4-7-14-5-2-1-3-6-14/h1-7,12,15-16H,8-11,13H2/b7-4+. The topological polar surface area (TPSA) is 17.1 Å². The number of aldehydes is 1. The van der Waals surface area contributed by atoms with Crippen LogP contribution in [0.5, 0.6) is 0 Å². The van der Waals surface area contributed by atoms with Crippen LogP contribution in [0.1, 0.15) is 37.7 Å². The molecular weight excluding hydrogens is 208 g/mol. The molecule has 0 radical (unpaired) electrons. The van der Waals surface area contributed by atoms with Crippen molar-refractivity contribution in [3.63, 3.8) is 0 Å². The lowest BCUT2D eigenvalue weighted by atomic mass is 9.99. The van der Waals surface area contributed by atoms with Gasteiger partial charge < -0.3 is 4.79 Å². The molecule has 1 saturated carbocycles. The first-order chi connectivity index (χ1) is 8.38. The molecule has 1 aliphatic carbocycles. The van der Waals surface area contributed by atoms with E-state index in [1.807, 2.05) is 6.07 Å². The maximum absolute atomic E-state index is 10.5. The number of carbonyl (C=O) groups excluding carboxylic acids is 1. The van der Waals surface area contributed by atoms with Gasteiger partial charge in [-0.05, 0) is 43.1 Å². The average molecular weight is 228 g/mol. The second kappa shape index (κ2) is 6.39. The fourth-order valence-corrected chi connectivity index (χ4v) is 2.70. The normalized spacial score (nSPS) is 24.2. The van der Waals surface area contributed by atoms with E-state index in [9.17, 15) is 4.79 Å². The van der Waals surface area contributed by atoms with Gasteiger partial charge in [0.1, 0.15) is 6.29 Å². The van der Waals surface area contributed by atoms with Crippen LogP contribution < -0.4 is 0 Å². The highest BCUT2D eigenvalue weighted by Crippen LogP contribution is 2.34. The third-order valence-corrected chi connectivity index (χ3v) is 3.66. The molecule has 1 aliphatic rings. The van der Waals surface area contributed by atoms with Crippen LogP contribution in [0.3, 0.4) is 0 Å². The Bertz CT molecular complexity index is 366. The molecular formula is C16H20O. The zero-order valence-electron chi connectivity index (χ0n) is 10.2. The highest BCUT2D eigenvalue weighted by molar-refractivity contribution is 5.50. The smallest absolute Gasteiger partial charge is 0.120 e. The molecule has 0 N–H and O–H groups in total. The Morgan fingerprint density at radius 2 is 1.76 bits per heavy atom. The summed E-state index contributed by atoms with van der Waals surface area (Å²) in [5.74, 6) is 1.45. The summed E-state index contributed by atoms with van der Waals surface area (Å²) in [7, 11) is 0. The zero-order valence-corrected chi connectivity index (χ0v) is 10.2. The molecule has 0 aromatic heterocycles. The molecule has 2 unspecified atom stereocenters. The van der Waals surface area contributed by atoms with Crippen LogP contribution in [0.2, 0.25) is 0 Å². The molecule has 0 amide bonds. The van der Waals surface area contributed by atoms with E-state index in [2.05, 4.69) is 36.4 Å². The van der Waals surface area contributed by atoms with E-state index in [0.29, 0.717) is 5.92 Å². The molecule has 2 rings (SSSR count). The summed E-state index contributed by atoms with van der Waals surface area (Å²) in [5.41, 5.74) is 1.27. The lowest BCUT2D eigenvalue weighted by molar-refractivity contribution is -0.108. The molecule has 2 atom stereocenters. The molecule has 1 aromatic carbocycles. The monoisotopic (exact) mass is 228 g/mol. The predicted octanol–water partition coefficient (Wildman–Crippen LogP) is 4.10. The van der Waals surface area contributed by atoms with Crippen molar-refractivity contribution in [1.29, 1.82) is 0 Å². The molecule has 0 bridgehead atoms. The molecule has 1 heteroatoms. The van der Waals surface area contributed by atoms with Gasteiger partial charge in [-0.25, -0.2) is 0 Å². The molecule has 90 valence electrons. The second-order valence-electron chi connectivity index (χ2n) is 5.00. The first-order valence-corrected chi connectivity index (χ1v) is 6.53. The molecule has 0 aliphatic heterocycles. The number of carbonyl (C=O) groups is 1. The number of allylic oxidation sites excluding steroid dienone is 1. The first-order valence-electron chi connectivity index (χ1n) is 6.53. The van der Waals surface area contributed by atoms with E-state index >= 15 is 0 Å². The van der Waals surface area contributed by atoms with Gasteiger partial charge in [0.25, 0.3) is 0 Å². The predicted molar refractivity (Wildman–Crippen MR) is 71.6 cm³/mol. The Balaban J connectivity index is 1.76. The quantitative estimate of drug-likeness (QED) is 0.693. The van der Waals surface area contributed by atoms with E-state index in [1.54, 1.807) is 0 Å². The van der Waals surface area contributed by atoms with Gasteiger partial charge in [-0.1, -0.05) is 42.5 Å². The highest BCUT2D eigenvalue weighted by Gasteiger charge is 2.22. The second-order valence-corrected chi connectivity index (χ2v) is 5.00. The van der Waals surface area contributed by atoms with Gasteiger partial charge in [-0.15, -0.1) is 0 Å². The zero-order chi connectivity index (χ0) is 11.9. The van der Waals surface area contributed by atoms with Crippen molar-refractivity contribution in [3.8, 4) is 0 Å². The van der Waals surface area contributed by atoms with Crippen molar-refractivity contribution >= 4 is 12.4 Å². The fourth-order valence-electron chi connectivity index (χ4n) is 2.70. The van der Waals surface area contributed by atoms with Crippen LogP contribution in [-0.2, 0) is 4.79 Å². The average Bonchev–Trinajstić information content (AvgIpc) is 2.79. The number of benzene rings is 1. The number of rotatable bonds is 5. The summed E-state index contributed by atoms with van der Waals surface area (Å²) < 4.78 is 0. The molecule has 1 fully saturated rings. The minimum Gasteiger partial charge on any atom is -0.303 e. The third-order valence-electron chi connectivity index (χ3n) is 3.66.